The maximum atomic E-state index is 5.62. The van der Waals surface area contributed by atoms with Crippen molar-refractivity contribution in [2.75, 3.05) is 0 Å². The highest BCUT2D eigenvalue weighted by atomic mass is 35.5. The lowest BCUT2D eigenvalue weighted by Crippen LogP contribution is -1.92. The molecule has 0 aliphatic heterocycles. The van der Waals surface area contributed by atoms with Crippen LogP contribution in [0.3, 0.4) is 0 Å². The Bertz CT molecular complexity index is 447. The van der Waals surface area contributed by atoms with Crippen LogP contribution in [0.5, 0.6) is 0 Å². The van der Waals surface area contributed by atoms with Crippen molar-refractivity contribution in [1.29, 1.82) is 0 Å². The second-order valence-electron chi connectivity index (χ2n) is 3.08. The fourth-order valence-corrected chi connectivity index (χ4v) is 1.38. The van der Waals surface area contributed by atoms with Gasteiger partial charge in [0, 0.05) is 24.4 Å². The first kappa shape index (κ1) is 9.27. The molecule has 4 nitrogen and oxygen atoms in total. The molecule has 0 unspecified atom stereocenters. The van der Waals surface area contributed by atoms with Gasteiger partial charge in [0.1, 0.15) is 5.69 Å². The Hall–Kier alpha value is -1.29. The van der Waals surface area contributed by atoms with Crippen LogP contribution in [-0.4, -0.2) is 14.9 Å². The van der Waals surface area contributed by atoms with Crippen molar-refractivity contribution in [3.05, 3.63) is 23.7 Å². The maximum Gasteiger partial charge on any atom is 0.152 e. The molecule has 0 spiro atoms. The minimum absolute atomic E-state index is 0.340. The molecule has 0 aliphatic carbocycles. The monoisotopic (exact) mass is 211 g/mol. The van der Waals surface area contributed by atoms with Gasteiger partial charge in [-0.25, -0.2) is 0 Å². The van der Waals surface area contributed by atoms with E-state index in [1.165, 1.54) is 0 Å². The summed E-state index contributed by atoms with van der Waals surface area (Å²) < 4.78 is 6.81. The molecular formula is C9H10ClN3O. The minimum Gasteiger partial charge on any atom is -0.359 e. The molecule has 0 saturated heterocycles. The van der Waals surface area contributed by atoms with Crippen LogP contribution < -0.4 is 0 Å². The highest BCUT2D eigenvalue weighted by Gasteiger charge is 2.11. The summed E-state index contributed by atoms with van der Waals surface area (Å²) in [5, 5.41) is 8.05. The molecule has 0 radical (unpaired) electrons. The molecule has 0 saturated carbocycles. The predicted octanol–water partition coefficient (Wildman–Crippen LogP) is 2.12. The van der Waals surface area contributed by atoms with Crippen molar-refractivity contribution in [2.24, 2.45) is 7.05 Å². The van der Waals surface area contributed by atoms with Crippen LogP contribution in [-0.2, 0) is 12.9 Å². The van der Waals surface area contributed by atoms with Crippen molar-refractivity contribution in [1.82, 2.24) is 14.9 Å². The van der Waals surface area contributed by atoms with Gasteiger partial charge < -0.3 is 4.52 Å². The number of hydrogen-bond donors (Lipinski definition) is 0. The first-order valence-corrected chi connectivity index (χ1v) is 4.76. The van der Waals surface area contributed by atoms with Crippen molar-refractivity contribution < 1.29 is 4.52 Å². The molecule has 2 aromatic rings. The zero-order valence-electron chi connectivity index (χ0n) is 7.99. The molecule has 0 bridgehead atoms. The number of hydrogen-bond acceptors (Lipinski definition) is 3. The Labute approximate surface area is 86.5 Å². The third-order valence-electron chi connectivity index (χ3n) is 2.20. The van der Waals surface area contributed by atoms with E-state index in [0.29, 0.717) is 11.6 Å². The van der Waals surface area contributed by atoms with E-state index in [9.17, 15) is 0 Å². The van der Waals surface area contributed by atoms with Crippen LogP contribution in [0.25, 0.3) is 11.3 Å². The molecule has 0 amide bonds. The second kappa shape index (κ2) is 3.46. The lowest BCUT2D eigenvalue weighted by molar-refractivity contribution is 0.396. The number of aromatic nitrogens is 3. The van der Waals surface area contributed by atoms with Crippen molar-refractivity contribution in [3.63, 3.8) is 0 Å². The Balaban J connectivity index is 2.44. The second-order valence-corrected chi connectivity index (χ2v) is 3.35. The highest BCUT2D eigenvalue weighted by molar-refractivity contribution is 6.16. The molecule has 14 heavy (non-hydrogen) atoms. The summed E-state index contributed by atoms with van der Waals surface area (Å²) in [6.45, 7) is 1.98. The molecule has 2 heterocycles. The summed E-state index contributed by atoms with van der Waals surface area (Å²) in [5.41, 5.74) is 2.82. The zero-order valence-corrected chi connectivity index (χ0v) is 8.75. The van der Waals surface area contributed by atoms with Crippen molar-refractivity contribution in [3.8, 4) is 11.3 Å². The van der Waals surface area contributed by atoms with Crippen LogP contribution >= 0.6 is 11.6 Å². The van der Waals surface area contributed by atoms with Gasteiger partial charge in [0.2, 0.25) is 0 Å². The van der Waals surface area contributed by atoms with Gasteiger partial charge >= 0.3 is 0 Å². The minimum atomic E-state index is 0.340. The molecular weight excluding hydrogens is 202 g/mol. The summed E-state index contributed by atoms with van der Waals surface area (Å²) in [5.74, 6) is 1.01. The van der Waals surface area contributed by atoms with E-state index in [1.807, 2.05) is 20.0 Å². The number of halogens is 1. The van der Waals surface area contributed by atoms with E-state index in [2.05, 4.69) is 10.3 Å². The van der Waals surface area contributed by atoms with Crippen molar-refractivity contribution in [2.45, 2.75) is 12.8 Å². The van der Waals surface area contributed by atoms with E-state index < -0.39 is 0 Å². The standard InChI is InChI=1S/C9H10ClN3O/c1-6-8(5-11-13(6)2)9-3-7(4-10)14-12-9/h3,5H,4H2,1-2H3. The van der Waals surface area contributed by atoms with Crippen LogP contribution in [0.1, 0.15) is 11.5 Å². The number of rotatable bonds is 2. The normalized spacial score (nSPS) is 10.8. The molecule has 5 heteroatoms. The topological polar surface area (TPSA) is 43.9 Å². The molecule has 0 atom stereocenters. The van der Waals surface area contributed by atoms with Gasteiger partial charge in [-0.2, -0.15) is 5.10 Å². The number of aryl methyl sites for hydroxylation is 1. The first-order valence-electron chi connectivity index (χ1n) is 4.23. The number of alkyl halides is 1. The quantitative estimate of drug-likeness (QED) is 0.715. The fourth-order valence-electron chi connectivity index (χ4n) is 1.25. The Kier molecular flexibility index (Phi) is 2.29. The van der Waals surface area contributed by atoms with Crippen molar-refractivity contribution >= 4 is 11.6 Å². The van der Waals surface area contributed by atoms with Crippen LogP contribution in [0.15, 0.2) is 16.8 Å². The first-order chi connectivity index (χ1) is 6.72. The average Bonchev–Trinajstić information content (AvgIpc) is 2.75. The van der Waals surface area contributed by atoms with E-state index in [1.54, 1.807) is 10.9 Å². The van der Waals surface area contributed by atoms with Gasteiger partial charge in [-0.05, 0) is 6.92 Å². The lowest BCUT2D eigenvalue weighted by atomic mass is 10.2. The molecule has 0 N–H and O–H groups in total. The van der Waals surface area contributed by atoms with Gasteiger partial charge in [-0.1, -0.05) is 5.16 Å². The summed E-state index contributed by atoms with van der Waals surface area (Å²) in [6.07, 6.45) is 1.77. The number of nitrogens with zero attached hydrogens (tertiary/aromatic N) is 3. The molecule has 0 aliphatic rings. The fraction of sp³-hybridized carbons (Fsp3) is 0.333. The zero-order chi connectivity index (χ0) is 10.1. The summed E-state index contributed by atoms with van der Waals surface area (Å²) >= 11 is 5.62. The maximum absolute atomic E-state index is 5.62. The van der Waals surface area contributed by atoms with Gasteiger partial charge in [0.15, 0.2) is 5.76 Å². The van der Waals surface area contributed by atoms with Gasteiger partial charge in [0.25, 0.3) is 0 Å². The Morgan fingerprint density at radius 1 is 1.57 bits per heavy atom. The summed E-state index contributed by atoms with van der Waals surface area (Å²) in [4.78, 5) is 0. The van der Waals surface area contributed by atoms with Crippen LogP contribution in [0, 0.1) is 6.92 Å². The largest absolute Gasteiger partial charge is 0.359 e. The molecule has 0 aromatic carbocycles. The summed E-state index contributed by atoms with van der Waals surface area (Å²) in [6, 6.07) is 1.83. The van der Waals surface area contributed by atoms with E-state index in [4.69, 9.17) is 16.1 Å². The van der Waals surface area contributed by atoms with Gasteiger partial charge in [-0.3, -0.25) is 4.68 Å². The molecule has 2 aromatic heterocycles. The molecule has 74 valence electrons. The van der Waals surface area contributed by atoms with E-state index >= 15 is 0 Å². The predicted molar refractivity (Wildman–Crippen MR) is 53.0 cm³/mol. The Morgan fingerprint density at radius 2 is 2.36 bits per heavy atom. The van der Waals surface area contributed by atoms with Crippen LogP contribution in [0.4, 0.5) is 0 Å². The Morgan fingerprint density at radius 3 is 2.86 bits per heavy atom. The average molecular weight is 212 g/mol. The molecule has 0 fully saturated rings. The summed E-state index contributed by atoms with van der Waals surface area (Å²) in [7, 11) is 1.89. The smallest absolute Gasteiger partial charge is 0.152 e. The lowest BCUT2D eigenvalue weighted by Gasteiger charge is -1.94. The highest BCUT2D eigenvalue weighted by Crippen LogP contribution is 2.22. The SMILES string of the molecule is Cc1c(-c2cc(CCl)on2)cnn1C. The molecule has 2 rings (SSSR count). The third-order valence-corrected chi connectivity index (χ3v) is 2.47. The van der Waals surface area contributed by atoms with E-state index in [0.717, 1.165) is 17.0 Å². The van der Waals surface area contributed by atoms with Crippen LogP contribution in [0.2, 0.25) is 0 Å². The van der Waals surface area contributed by atoms with Gasteiger partial charge in [0.05, 0.1) is 12.1 Å². The van der Waals surface area contributed by atoms with E-state index in [-0.39, 0.29) is 0 Å². The van der Waals surface area contributed by atoms with Gasteiger partial charge in [-0.15, -0.1) is 11.6 Å². The third kappa shape index (κ3) is 1.42.